The summed E-state index contributed by atoms with van der Waals surface area (Å²) < 4.78 is 5.52. The van der Waals surface area contributed by atoms with Crippen LogP contribution in [0, 0.1) is 0 Å². The molecule has 110 valence electrons. The highest BCUT2D eigenvalue weighted by molar-refractivity contribution is 6.02. The third-order valence-electron chi connectivity index (χ3n) is 3.75. The Kier molecular flexibility index (Phi) is 4.48. The second kappa shape index (κ2) is 6.70. The van der Waals surface area contributed by atoms with Gasteiger partial charge in [0.05, 0.1) is 12.6 Å². The summed E-state index contributed by atoms with van der Waals surface area (Å²) in [4.78, 5) is 12.0. The number of carbonyl (C=O) groups is 1. The van der Waals surface area contributed by atoms with Crippen molar-refractivity contribution in [3.05, 3.63) is 42.5 Å². The maximum atomic E-state index is 12.0. The summed E-state index contributed by atoms with van der Waals surface area (Å²) >= 11 is 0. The van der Waals surface area contributed by atoms with Gasteiger partial charge in [-0.2, -0.15) is 0 Å². The number of carbonyl (C=O) groups excluding carboxylic acids is 1. The van der Waals surface area contributed by atoms with E-state index in [0.29, 0.717) is 6.54 Å². The van der Waals surface area contributed by atoms with E-state index in [1.807, 2.05) is 42.5 Å². The average Bonchev–Trinajstić information content (AvgIpc) is 3.01. The third kappa shape index (κ3) is 3.60. The number of fused-ring (bicyclic) bond motifs is 1. The highest BCUT2D eigenvalue weighted by atomic mass is 16.5. The fourth-order valence-corrected chi connectivity index (χ4v) is 2.68. The Bertz CT molecular complexity index is 616. The van der Waals surface area contributed by atoms with Gasteiger partial charge >= 0.3 is 0 Å². The van der Waals surface area contributed by atoms with Crippen molar-refractivity contribution in [3.8, 4) is 0 Å². The van der Waals surface area contributed by atoms with E-state index in [4.69, 9.17) is 4.74 Å². The molecule has 0 aromatic heterocycles. The molecule has 21 heavy (non-hydrogen) atoms. The second-order valence-corrected chi connectivity index (χ2v) is 5.34. The van der Waals surface area contributed by atoms with Gasteiger partial charge in [0.15, 0.2) is 0 Å². The van der Waals surface area contributed by atoms with Crippen LogP contribution in [-0.4, -0.2) is 31.7 Å². The molecule has 1 fully saturated rings. The third-order valence-corrected chi connectivity index (χ3v) is 3.75. The van der Waals surface area contributed by atoms with Crippen LogP contribution in [0.5, 0.6) is 0 Å². The number of ether oxygens (including phenoxy) is 1. The van der Waals surface area contributed by atoms with Crippen LogP contribution in [0.4, 0.5) is 5.69 Å². The predicted octanol–water partition coefficient (Wildman–Crippen LogP) is 2.55. The summed E-state index contributed by atoms with van der Waals surface area (Å²) in [6, 6.07) is 14.0. The average molecular weight is 284 g/mol. The summed E-state index contributed by atoms with van der Waals surface area (Å²) in [5.41, 5.74) is 0.858. The lowest BCUT2D eigenvalue weighted by atomic mass is 10.1. The molecule has 2 N–H and O–H groups in total. The van der Waals surface area contributed by atoms with Crippen molar-refractivity contribution in [2.24, 2.45) is 0 Å². The van der Waals surface area contributed by atoms with Crippen LogP contribution >= 0.6 is 0 Å². The Hall–Kier alpha value is -1.91. The minimum absolute atomic E-state index is 0.0237. The van der Waals surface area contributed by atoms with Crippen LogP contribution < -0.4 is 10.6 Å². The summed E-state index contributed by atoms with van der Waals surface area (Å²) in [7, 11) is 0. The SMILES string of the molecule is O=C(CNC[C@@H]1CCCO1)Nc1cccc2ccccc12. The molecule has 1 aliphatic heterocycles. The van der Waals surface area contributed by atoms with Crippen molar-refractivity contribution in [2.45, 2.75) is 18.9 Å². The molecular weight excluding hydrogens is 264 g/mol. The zero-order valence-corrected chi connectivity index (χ0v) is 12.0. The number of nitrogens with one attached hydrogen (secondary N) is 2. The fourth-order valence-electron chi connectivity index (χ4n) is 2.68. The first-order valence-electron chi connectivity index (χ1n) is 7.43. The number of anilines is 1. The van der Waals surface area contributed by atoms with Gasteiger partial charge < -0.3 is 15.4 Å². The lowest BCUT2D eigenvalue weighted by Gasteiger charge is -2.12. The van der Waals surface area contributed by atoms with Crippen molar-refractivity contribution < 1.29 is 9.53 Å². The molecule has 1 saturated heterocycles. The number of hydrogen-bond donors (Lipinski definition) is 2. The molecule has 0 saturated carbocycles. The highest BCUT2D eigenvalue weighted by Gasteiger charge is 2.15. The monoisotopic (exact) mass is 284 g/mol. The molecule has 1 aliphatic rings. The van der Waals surface area contributed by atoms with E-state index in [-0.39, 0.29) is 12.0 Å². The Morgan fingerprint density at radius 1 is 1.19 bits per heavy atom. The zero-order valence-electron chi connectivity index (χ0n) is 12.0. The Labute approximate surface area is 124 Å². The second-order valence-electron chi connectivity index (χ2n) is 5.34. The lowest BCUT2D eigenvalue weighted by Crippen LogP contribution is -2.33. The van der Waals surface area contributed by atoms with Gasteiger partial charge in [-0.1, -0.05) is 36.4 Å². The first kappa shape index (κ1) is 14.0. The van der Waals surface area contributed by atoms with Crippen molar-refractivity contribution in [1.29, 1.82) is 0 Å². The van der Waals surface area contributed by atoms with E-state index in [1.54, 1.807) is 0 Å². The minimum atomic E-state index is -0.0237. The van der Waals surface area contributed by atoms with Crippen molar-refractivity contribution in [2.75, 3.05) is 25.0 Å². The predicted molar refractivity (Wildman–Crippen MR) is 84.4 cm³/mol. The van der Waals surface area contributed by atoms with Gasteiger partial charge in [-0.3, -0.25) is 4.79 Å². The quantitative estimate of drug-likeness (QED) is 0.887. The van der Waals surface area contributed by atoms with Crippen LogP contribution in [0.1, 0.15) is 12.8 Å². The smallest absolute Gasteiger partial charge is 0.238 e. The van der Waals surface area contributed by atoms with E-state index in [9.17, 15) is 4.79 Å². The van der Waals surface area contributed by atoms with E-state index in [1.165, 1.54) is 0 Å². The first-order valence-corrected chi connectivity index (χ1v) is 7.43. The van der Waals surface area contributed by atoms with E-state index in [2.05, 4.69) is 10.6 Å². The molecule has 0 spiro atoms. The Morgan fingerprint density at radius 2 is 2.05 bits per heavy atom. The maximum Gasteiger partial charge on any atom is 0.238 e. The maximum absolute atomic E-state index is 12.0. The molecule has 0 bridgehead atoms. The van der Waals surface area contributed by atoms with Gasteiger partial charge in [0.2, 0.25) is 5.91 Å². The number of hydrogen-bond acceptors (Lipinski definition) is 3. The van der Waals surface area contributed by atoms with Crippen LogP contribution in [0.25, 0.3) is 10.8 Å². The van der Waals surface area contributed by atoms with Gasteiger partial charge in [0, 0.05) is 24.2 Å². The molecule has 1 atom stereocenters. The minimum Gasteiger partial charge on any atom is -0.377 e. The topological polar surface area (TPSA) is 50.4 Å². The molecule has 0 aliphatic carbocycles. The van der Waals surface area contributed by atoms with E-state index in [0.717, 1.165) is 42.5 Å². The number of rotatable bonds is 5. The van der Waals surface area contributed by atoms with E-state index >= 15 is 0 Å². The lowest BCUT2D eigenvalue weighted by molar-refractivity contribution is -0.115. The largest absolute Gasteiger partial charge is 0.377 e. The van der Waals surface area contributed by atoms with Gasteiger partial charge in [-0.05, 0) is 24.3 Å². The fraction of sp³-hybridized carbons (Fsp3) is 0.353. The molecule has 4 heteroatoms. The summed E-state index contributed by atoms with van der Waals surface area (Å²) in [5.74, 6) is -0.0237. The van der Waals surface area contributed by atoms with Crippen molar-refractivity contribution in [1.82, 2.24) is 5.32 Å². The number of amides is 1. The molecule has 4 nitrogen and oxygen atoms in total. The molecule has 0 radical (unpaired) electrons. The Morgan fingerprint density at radius 3 is 2.90 bits per heavy atom. The first-order chi connectivity index (χ1) is 10.3. The number of benzene rings is 2. The molecule has 2 aromatic carbocycles. The normalized spacial score (nSPS) is 18.0. The van der Waals surface area contributed by atoms with Crippen LogP contribution in [0.15, 0.2) is 42.5 Å². The summed E-state index contributed by atoms with van der Waals surface area (Å²) in [6.07, 6.45) is 2.46. The van der Waals surface area contributed by atoms with Crippen molar-refractivity contribution in [3.63, 3.8) is 0 Å². The van der Waals surface area contributed by atoms with Gasteiger partial charge in [-0.15, -0.1) is 0 Å². The molecule has 1 amide bonds. The molecule has 2 aromatic rings. The van der Waals surface area contributed by atoms with Crippen LogP contribution in [0.3, 0.4) is 0 Å². The summed E-state index contributed by atoms with van der Waals surface area (Å²) in [6.45, 7) is 1.89. The van der Waals surface area contributed by atoms with Gasteiger partial charge in [0.25, 0.3) is 0 Å². The summed E-state index contributed by atoms with van der Waals surface area (Å²) in [5, 5.41) is 8.32. The van der Waals surface area contributed by atoms with E-state index < -0.39 is 0 Å². The molecular formula is C17H20N2O2. The molecule has 3 rings (SSSR count). The van der Waals surface area contributed by atoms with Crippen LogP contribution in [0.2, 0.25) is 0 Å². The molecule has 0 unspecified atom stereocenters. The zero-order chi connectivity index (χ0) is 14.5. The van der Waals surface area contributed by atoms with Gasteiger partial charge in [-0.25, -0.2) is 0 Å². The highest BCUT2D eigenvalue weighted by Crippen LogP contribution is 2.22. The van der Waals surface area contributed by atoms with Gasteiger partial charge in [0.1, 0.15) is 0 Å². The standard InChI is InChI=1S/C17H20N2O2/c20-17(12-18-11-14-7-4-10-21-14)19-16-9-3-6-13-5-1-2-8-15(13)16/h1-3,5-6,8-9,14,18H,4,7,10-12H2,(H,19,20)/t14-/m0/s1. The van der Waals surface area contributed by atoms with Crippen molar-refractivity contribution >= 4 is 22.4 Å². The Balaban J connectivity index is 1.56. The molecule has 1 heterocycles. The van der Waals surface area contributed by atoms with Crippen LogP contribution in [-0.2, 0) is 9.53 Å².